The zero-order chi connectivity index (χ0) is 22.4. The molecule has 0 aliphatic heterocycles. The molecule has 31 heavy (non-hydrogen) atoms. The lowest BCUT2D eigenvalue weighted by Crippen LogP contribution is -2.29. The van der Waals surface area contributed by atoms with Crippen molar-refractivity contribution in [1.82, 2.24) is 5.32 Å². The van der Waals surface area contributed by atoms with Gasteiger partial charge in [-0.1, -0.05) is 48.0 Å². The number of carbonyl (C=O) groups excluding carboxylic acids is 1. The lowest BCUT2D eigenvalue weighted by molar-refractivity contribution is 0.0954. The number of hydrogen-bond acceptors (Lipinski definition) is 3. The van der Waals surface area contributed by atoms with Gasteiger partial charge in [0.2, 0.25) is 10.0 Å². The van der Waals surface area contributed by atoms with Crippen LogP contribution in [0.2, 0.25) is 5.02 Å². The monoisotopic (exact) mass is 460 g/mol. The van der Waals surface area contributed by atoms with Crippen LogP contribution in [-0.2, 0) is 23.0 Å². The Morgan fingerprint density at radius 1 is 0.968 bits per heavy atom. The second-order valence-electron chi connectivity index (χ2n) is 7.05. The Morgan fingerprint density at radius 2 is 1.58 bits per heavy atom. The summed E-state index contributed by atoms with van der Waals surface area (Å²) >= 11 is 6.18. The van der Waals surface area contributed by atoms with E-state index in [1.54, 1.807) is 60.7 Å². The minimum absolute atomic E-state index is 0.0923. The zero-order valence-corrected chi connectivity index (χ0v) is 18.5. The van der Waals surface area contributed by atoms with Gasteiger partial charge in [-0.3, -0.25) is 9.10 Å². The van der Waals surface area contributed by atoms with Crippen LogP contribution in [0, 0.1) is 5.82 Å². The average Bonchev–Trinajstić information content (AvgIpc) is 2.74. The summed E-state index contributed by atoms with van der Waals surface area (Å²) in [6.45, 7) is 0.510. The maximum absolute atomic E-state index is 12.9. The summed E-state index contributed by atoms with van der Waals surface area (Å²) in [6.07, 6.45) is 1.71. The number of anilines is 1. The molecule has 1 N–H and O–H groups in total. The van der Waals surface area contributed by atoms with E-state index in [-0.39, 0.29) is 18.3 Å². The van der Waals surface area contributed by atoms with Gasteiger partial charge in [0.25, 0.3) is 5.91 Å². The smallest absolute Gasteiger partial charge is 0.251 e. The summed E-state index contributed by atoms with van der Waals surface area (Å²) in [5.41, 5.74) is 2.51. The maximum Gasteiger partial charge on any atom is 0.251 e. The predicted octanol–water partition coefficient (Wildman–Crippen LogP) is 4.42. The van der Waals surface area contributed by atoms with Crippen LogP contribution in [0.5, 0.6) is 0 Å². The topological polar surface area (TPSA) is 66.5 Å². The first-order valence-corrected chi connectivity index (χ1v) is 11.8. The molecule has 0 radical (unpaired) electrons. The molecule has 0 bridgehead atoms. The lowest BCUT2D eigenvalue weighted by Gasteiger charge is -2.23. The van der Waals surface area contributed by atoms with Crippen LogP contribution in [0.4, 0.5) is 10.1 Å². The molecule has 0 aromatic heterocycles. The molecule has 0 heterocycles. The SMILES string of the molecule is CS(=O)(=O)N(Cc1ccc(C(=O)NCCc2ccc(F)cc2)cc1)c1ccccc1Cl. The number of sulfonamides is 1. The summed E-state index contributed by atoms with van der Waals surface area (Å²) in [6, 6.07) is 19.6. The van der Waals surface area contributed by atoms with E-state index in [9.17, 15) is 17.6 Å². The molecule has 3 rings (SSSR count). The molecule has 0 fully saturated rings. The number of amides is 1. The molecule has 5 nitrogen and oxygen atoms in total. The fourth-order valence-electron chi connectivity index (χ4n) is 3.04. The molecule has 0 unspecified atom stereocenters. The van der Waals surface area contributed by atoms with Crippen LogP contribution in [0.25, 0.3) is 0 Å². The molecule has 0 aliphatic rings. The molecule has 0 spiro atoms. The highest BCUT2D eigenvalue weighted by Crippen LogP contribution is 2.28. The molecule has 0 atom stereocenters. The van der Waals surface area contributed by atoms with Gasteiger partial charge < -0.3 is 5.32 Å². The van der Waals surface area contributed by atoms with E-state index in [4.69, 9.17) is 11.6 Å². The molecule has 3 aromatic carbocycles. The van der Waals surface area contributed by atoms with Crippen molar-refractivity contribution in [2.45, 2.75) is 13.0 Å². The fourth-order valence-corrected chi connectivity index (χ4v) is 4.22. The van der Waals surface area contributed by atoms with E-state index < -0.39 is 10.0 Å². The third kappa shape index (κ3) is 6.29. The van der Waals surface area contributed by atoms with Crippen molar-refractivity contribution in [1.29, 1.82) is 0 Å². The van der Waals surface area contributed by atoms with E-state index in [0.29, 0.717) is 34.8 Å². The molecular weight excluding hydrogens is 439 g/mol. The summed E-state index contributed by atoms with van der Waals surface area (Å²) in [5, 5.41) is 3.16. The third-order valence-electron chi connectivity index (χ3n) is 4.68. The fraction of sp³-hybridized carbons (Fsp3) is 0.174. The van der Waals surface area contributed by atoms with Crippen LogP contribution < -0.4 is 9.62 Å². The largest absolute Gasteiger partial charge is 0.352 e. The van der Waals surface area contributed by atoms with E-state index in [1.807, 2.05) is 0 Å². The van der Waals surface area contributed by atoms with Crippen molar-refractivity contribution in [2.24, 2.45) is 0 Å². The maximum atomic E-state index is 12.9. The minimum atomic E-state index is -3.56. The number of para-hydroxylation sites is 1. The molecule has 0 aliphatic carbocycles. The van der Waals surface area contributed by atoms with E-state index in [1.165, 1.54) is 16.4 Å². The highest BCUT2D eigenvalue weighted by atomic mass is 35.5. The molecular formula is C23H22ClFN2O3S. The Labute approximate surface area is 186 Å². The van der Waals surface area contributed by atoms with Crippen LogP contribution in [0.3, 0.4) is 0 Å². The van der Waals surface area contributed by atoms with Gasteiger partial charge in [0.1, 0.15) is 5.82 Å². The highest BCUT2D eigenvalue weighted by Gasteiger charge is 2.20. The standard InChI is InChI=1S/C23H22ClFN2O3S/c1-31(29,30)27(22-5-3-2-4-21(22)24)16-18-6-10-19(11-7-18)23(28)26-15-14-17-8-12-20(25)13-9-17/h2-13H,14-16H2,1H3,(H,26,28). The summed E-state index contributed by atoms with van der Waals surface area (Å²) in [5.74, 6) is -0.531. The average molecular weight is 461 g/mol. The van der Waals surface area contributed by atoms with E-state index in [0.717, 1.165) is 11.8 Å². The highest BCUT2D eigenvalue weighted by molar-refractivity contribution is 7.92. The first kappa shape index (κ1) is 22.8. The molecule has 0 saturated heterocycles. The molecule has 1 amide bonds. The van der Waals surface area contributed by atoms with Crippen molar-refractivity contribution in [3.05, 3.63) is 100 Å². The third-order valence-corrected chi connectivity index (χ3v) is 6.12. The second-order valence-corrected chi connectivity index (χ2v) is 9.36. The molecule has 3 aromatic rings. The number of carbonyl (C=O) groups is 1. The van der Waals surface area contributed by atoms with Gasteiger partial charge in [0.15, 0.2) is 0 Å². The molecule has 0 saturated carbocycles. The van der Waals surface area contributed by atoms with Crippen molar-refractivity contribution >= 4 is 33.2 Å². The lowest BCUT2D eigenvalue weighted by atomic mass is 10.1. The Bertz CT molecular complexity index is 1150. The number of halogens is 2. The van der Waals surface area contributed by atoms with Crippen molar-refractivity contribution < 1.29 is 17.6 Å². The summed E-state index contributed by atoms with van der Waals surface area (Å²) in [4.78, 5) is 12.4. The second kappa shape index (κ2) is 9.94. The van der Waals surface area contributed by atoms with Crippen molar-refractivity contribution in [3.8, 4) is 0 Å². The van der Waals surface area contributed by atoms with Gasteiger partial charge in [0.05, 0.1) is 23.5 Å². The van der Waals surface area contributed by atoms with Crippen LogP contribution in [-0.4, -0.2) is 27.1 Å². The Morgan fingerprint density at radius 3 is 2.19 bits per heavy atom. The number of benzene rings is 3. The number of nitrogens with zero attached hydrogens (tertiary/aromatic N) is 1. The summed E-state index contributed by atoms with van der Waals surface area (Å²) < 4.78 is 38.8. The van der Waals surface area contributed by atoms with Crippen LogP contribution >= 0.6 is 11.6 Å². The summed E-state index contributed by atoms with van der Waals surface area (Å²) in [7, 11) is -3.56. The Kier molecular flexibility index (Phi) is 7.30. The molecule has 8 heteroatoms. The normalized spacial score (nSPS) is 11.2. The van der Waals surface area contributed by atoms with Gasteiger partial charge in [-0.2, -0.15) is 0 Å². The zero-order valence-electron chi connectivity index (χ0n) is 16.9. The van der Waals surface area contributed by atoms with E-state index >= 15 is 0 Å². The van der Waals surface area contributed by atoms with Crippen molar-refractivity contribution in [3.63, 3.8) is 0 Å². The van der Waals surface area contributed by atoms with E-state index in [2.05, 4.69) is 5.32 Å². The first-order chi connectivity index (χ1) is 14.7. The number of hydrogen-bond donors (Lipinski definition) is 1. The number of nitrogens with one attached hydrogen (secondary N) is 1. The molecule has 162 valence electrons. The minimum Gasteiger partial charge on any atom is -0.352 e. The van der Waals surface area contributed by atoms with Crippen LogP contribution in [0.15, 0.2) is 72.8 Å². The van der Waals surface area contributed by atoms with Gasteiger partial charge in [-0.05, 0) is 53.9 Å². The Balaban J connectivity index is 1.63. The van der Waals surface area contributed by atoms with Gasteiger partial charge in [-0.25, -0.2) is 12.8 Å². The first-order valence-electron chi connectivity index (χ1n) is 9.58. The Hall–Kier alpha value is -2.90. The van der Waals surface area contributed by atoms with Crippen molar-refractivity contribution in [2.75, 3.05) is 17.1 Å². The number of rotatable bonds is 8. The van der Waals surface area contributed by atoms with Gasteiger partial charge in [-0.15, -0.1) is 0 Å². The van der Waals surface area contributed by atoms with Gasteiger partial charge in [0, 0.05) is 12.1 Å². The quantitative estimate of drug-likeness (QED) is 0.541. The predicted molar refractivity (Wildman–Crippen MR) is 121 cm³/mol. The van der Waals surface area contributed by atoms with Crippen LogP contribution in [0.1, 0.15) is 21.5 Å². The van der Waals surface area contributed by atoms with Gasteiger partial charge >= 0.3 is 0 Å².